The first kappa shape index (κ1) is 19.4. The Bertz CT molecular complexity index is 1280. The Morgan fingerprint density at radius 3 is 2.66 bits per heavy atom. The molecule has 2 heterocycles. The van der Waals surface area contributed by atoms with Crippen molar-refractivity contribution in [1.29, 1.82) is 0 Å². The van der Waals surface area contributed by atoms with Gasteiger partial charge in [-0.05, 0) is 67.6 Å². The number of carbonyl (C=O) groups excluding carboxylic acids is 1. The van der Waals surface area contributed by atoms with Gasteiger partial charge in [-0.25, -0.2) is 9.98 Å². The van der Waals surface area contributed by atoms with Crippen LogP contribution in [0.25, 0.3) is 11.0 Å². The second kappa shape index (κ2) is 8.19. The minimum atomic E-state index is -0.360. The van der Waals surface area contributed by atoms with E-state index in [0.29, 0.717) is 27.7 Å². The van der Waals surface area contributed by atoms with E-state index in [1.54, 1.807) is 36.4 Å². The number of nitrogens with zero attached hydrogens (tertiary/aromatic N) is 2. The van der Waals surface area contributed by atoms with Crippen molar-refractivity contribution in [3.8, 4) is 0 Å². The first-order valence-electron chi connectivity index (χ1n) is 8.77. The van der Waals surface area contributed by atoms with Crippen molar-refractivity contribution >= 4 is 55.9 Å². The number of amides is 1. The Morgan fingerprint density at radius 2 is 1.90 bits per heavy atom. The number of anilines is 1. The van der Waals surface area contributed by atoms with Crippen LogP contribution in [-0.4, -0.2) is 10.9 Å². The van der Waals surface area contributed by atoms with Gasteiger partial charge < -0.3 is 9.73 Å². The Morgan fingerprint density at radius 1 is 1.10 bits per heavy atom. The van der Waals surface area contributed by atoms with E-state index in [4.69, 9.17) is 16.0 Å². The molecule has 0 radical (unpaired) electrons. The Kier molecular flexibility index (Phi) is 5.47. The minimum absolute atomic E-state index is 0.201. The highest BCUT2D eigenvalue weighted by atomic mass is 79.9. The fourth-order valence-corrected chi connectivity index (χ4v) is 3.28. The van der Waals surface area contributed by atoms with E-state index < -0.39 is 0 Å². The fourth-order valence-electron chi connectivity index (χ4n) is 2.78. The van der Waals surface area contributed by atoms with Gasteiger partial charge in [0.2, 0.25) is 5.55 Å². The lowest BCUT2D eigenvalue weighted by Gasteiger charge is -2.07. The summed E-state index contributed by atoms with van der Waals surface area (Å²) < 4.78 is 6.85. The van der Waals surface area contributed by atoms with Crippen LogP contribution in [0.4, 0.5) is 11.5 Å². The van der Waals surface area contributed by atoms with Gasteiger partial charge in [0, 0.05) is 20.6 Å². The number of nitrogens with one attached hydrogen (secondary N) is 1. The number of pyridine rings is 1. The normalized spacial score (nSPS) is 11.6. The molecule has 0 aliphatic heterocycles. The van der Waals surface area contributed by atoms with E-state index in [2.05, 4.69) is 31.2 Å². The molecule has 1 amide bonds. The van der Waals surface area contributed by atoms with Crippen LogP contribution in [0.15, 0.2) is 80.6 Å². The molecule has 144 valence electrons. The highest BCUT2D eigenvalue weighted by Crippen LogP contribution is 2.21. The molecule has 0 spiro atoms. The van der Waals surface area contributed by atoms with Crippen molar-refractivity contribution in [3.63, 3.8) is 0 Å². The topological polar surface area (TPSA) is 67.5 Å². The molecule has 0 aliphatic carbocycles. The number of hydrogen-bond acceptors (Lipinski definition) is 4. The summed E-state index contributed by atoms with van der Waals surface area (Å²) in [4.78, 5) is 21.9. The average molecular weight is 469 g/mol. The van der Waals surface area contributed by atoms with Crippen LogP contribution < -0.4 is 10.9 Å². The van der Waals surface area contributed by atoms with Crippen molar-refractivity contribution in [2.45, 2.75) is 6.92 Å². The van der Waals surface area contributed by atoms with E-state index in [0.717, 1.165) is 15.6 Å². The largest absolute Gasteiger partial charge is 0.438 e. The van der Waals surface area contributed by atoms with Gasteiger partial charge in [0.1, 0.15) is 17.0 Å². The second-order valence-corrected chi connectivity index (χ2v) is 7.71. The number of hydrogen-bond donors (Lipinski definition) is 1. The third kappa shape index (κ3) is 4.55. The van der Waals surface area contributed by atoms with Gasteiger partial charge in [0.25, 0.3) is 5.91 Å². The van der Waals surface area contributed by atoms with Gasteiger partial charge in [0.15, 0.2) is 0 Å². The van der Waals surface area contributed by atoms with Crippen LogP contribution >= 0.6 is 27.5 Å². The molecule has 4 rings (SSSR count). The summed E-state index contributed by atoms with van der Waals surface area (Å²) >= 11 is 9.40. The Labute approximate surface area is 180 Å². The quantitative estimate of drug-likeness (QED) is 0.399. The molecule has 7 heteroatoms. The summed E-state index contributed by atoms with van der Waals surface area (Å²) in [6.45, 7) is 1.86. The molecular weight excluding hydrogens is 454 g/mol. The van der Waals surface area contributed by atoms with Crippen LogP contribution in [0.3, 0.4) is 0 Å². The standard InChI is InChI=1S/C22H15BrClN3O2/c1-13-3-2-4-20(25-13)27-21(28)18-12-14-11-15(23)5-10-19(14)29-22(18)26-17-8-6-16(24)7-9-17/h2-12H,1H3,(H,25,27,28). The summed E-state index contributed by atoms with van der Waals surface area (Å²) in [6.07, 6.45) is 0. The molecule has 0 saturated carbocycles. The van der Waals surface area contributed by atoms with E-state index in [1.807, 2.05) is 37.3 Å². The van der Waals surface area contributed by atoms with E-state index >= 15 is 0 Å². The van der Waals surface area contributed by atoms with Crippen LogP contribution in [-0.2, 0) is 0 Å². The number of rotatable bonds is 3. The molecule has 0 aliphatic rings. The van der Waals surface area contributed by atoms with E-state index in [9.17, 15) is 4.79 Å². The van der Waals surface area contributed by atoms with Gasteiger partial charge in [-0.15, -0.1) is 0 Å². The average Bonchev–Trinajstić information content (AvgIpc) is 2.69. The van der Waals surface area contributed by atoms with Crippen molar-refractivity contribution in [2.24, 2.45) is 4.99 Å². The van der Waals surface area contributed by atoms with Gasteiger partial charge in [-0.3, -0.25) is 4.79 Å². The van der Waals surface area contributed by atoms with Gasteiger partial charge >= 0.3 is 0 Å². The third-order valence-electron chi connectivity index (χ3n) is 4.14. The van der Waals surface area contributed by atoms with E-state index in [1.165, 1.54) is 0 Å². The second-order valence-electron chi connectivity index (χ2n) is 6.35. The van der Waals surface area contributed by atoms with Gasteiger partial charge in [0.05, 0.1) is 5.69 Å². The maximum Gasteiger partial charge on any atom is 0.262 e. The molecular formula is C22H15BrClN3O2. The molecule has 2 aromatic carbocycles. The van der Waals surface area contributed by atoms with Crippen molar-refractivity contribution in [3.05, 3.63) is 93.0 Å². The Hall–Kier alpha value is -2.96. The zero-order valence-corrected chi connectivity index (χ0v) is 17.7. The number of benzene rings is 2. The summed E-state index contributed by atoms with van der Waals surface area (Å²) in [5.74, 6) is 0.100. The van der Waals surface area contributed by atoms with Crippen LogP contribution in [0.2, 0.25) is 5.02 Å². The van der Waals surface area contributed by atoms with Crippen LogP contribution in [0.1, 0.15) is 16.1 Å². The summed E-state index contributed by atoms with van der Waals surface area (Å²) in [5.41, 5.74) is 2.55. The highest BCUT2D eigenvalue weighted by molar-refractivity contribution is 9.10. The lowest BCUT2D eigenvalue weighted by atomic mass is 10.1. The summed E-state index contributed by atoms with van der Waals surface area (Å²) in [6, 6.07) is 19.7. The van der Waals surface area contributed by atoms with E-state index in [-0.39, 0.29) is 11.5 Å². The first-order valence-corrected chi connectivity index (χ1v) is 9.94. The molecule has 0 atom stereocenters. The molecule has 29 heavy (non-hydrogen) atoms. The molecule has 0 saturated heterocycles. The number of carbonyl (C=O) groups is 1. The number of aryl methyl sites for hydroxylation is 1. The zero-order chi connectivity index (χ0) is 20.4. The summed E-state index contributed by atoms with van der Waals surface area (Å²) in [5, 5.41) is 4.19. The predicted octanol–water partition coefficient (Wildman–Crippen LogP) is 6.04. The van der Waals surface area contributed by atoms with Crippen molar-refractivity contribution < 1.29 is 9.21 Å². The monoisotopic (exact) mass is 467 g/mol. The fraction of sp³-hybridized carbons (Fsp3) is 0.0455. The van der Waals surface area contributed by atoms with Gasteiger partial charge in [-0.2, -0.15) is 0 Å². The van der Waals surface area contributed by atoms with Gasteiger partial charge in [-0.1, -0.05) is 33.6 Å². The maximum absolute atomic E-state index is 13.0. The zero-order valence-electron chi connectivity index (χ0n) is 15.3. The highest BCUT2D eigenvalue weighted by Gasteiger charge is 2.14. The minimum Gasteiger partial charge on any atom is -0.438 e. The van der Waals surface area contributed by atoms with Crippen LogP contribution in [0, 0.1) is 6.92 Å². The third-order valence-corrected chi connectivity index (χ3v) is 4.89. The summed E-state index contributed by atoms with van der Waals surface area (Å²) in [7, 11) is 0. The lowest BCUT2D eigenvalue weighted by Crippen LogP contribution is -2.22. The van der Waals surface area contributed by atoms with Crippen molar-refractivity contribution in [1.82, 2.24) is 4.98 Å². The lowest BCUT2D eigenvalue weighted by molar-refractivity contribution is 0.102. The predicted molar refractivity (Wildman–Crippen MR) is 118 cm³/mol. The molecule has 4 aromatic rings. The number of halogens is 2. The molecule has 0 unspecified atom stereocenters. The molecule has 0 bridgehead atoms. The molecule has 5 nitrogen and oxygen atoms in total. The molecule has 1 N–H and O–H groups in total. The molecule has 0 fully saturated rings. The number of aromatic nitrogens is 1. The number of fused-ring (bicyclic) bond motifs is 1. The SMILES string of the molecule is Cc1cccc(NC(=O)c2cc3cc(Br)ccc3oc2=Nc2ccc(Cl)cc2)n1. The van der Waals surface area contributed by atoms with Crippen molar-refractivity contribution in [2.75, 3.05) is 5.32 Å². The van der Waals surface area contributed by atoms with Crippen LogP contribution in [0.5, 0.6) is 0 Å². The molecule has 2 aromatic heterocycles. The Balaban J connectivity index is 1.85. The maximum atomic E-state index is 13.0. The first-order chi connectivity index (χ1) is 14.0. The smallest absolute Gasteiger partial charge is 0.262 e.